The standard InChI is InChI=1S/C11H17ClN2O4S/c1-11(2,3)14-19(16,17)8-6-13-9(7(8)5-12)10(15)18-4/h6,13-14H,5H2,1-4H3. The number of aromatic amines is 1. The molecular formula is C11H17ClN2O4S. The molecule has 0 amide bonds. The summed E-state index contributed by atoms with van der Waals surface area (Å²) < 4.78 is 31.5. The molecule has 0 spiro atoms. The van der Waals surface area contributed by atoms with Gasteiger partial charge >= 0.3 is 5.97 Å². The fourth-order valence-electron chi connectivity index (χ4n) is 1.55. The Hall–Kier alpha value is -1.05. The summed E-state index contributed by atoms with van der Waals surface area (Å²) in [7, 11) is -2.54. The molecule has 108 valence electrons. The number of carbonyl (C=O) groups excluding carboxylic acids is 1. The molecule has 8 heteroatoms. The second kappa shape index (κ2) is 5.52. The molecule has 0 atom stereocenters. The molecule has 6 nitrogen and oxygen atoms in total. The number of aromatic nitrogens is 1. The van der Waals surface area contributed by atoms with Crippen LogP contribution < -0.4 is 4.72 Å². The molecule has 1 rings (SSSR count). The highest BCUT2D eigenvalue weighted by Gasteiger charge is 2.28. The van der Waals surface area contributed by atoms with E-state index in [1.54, 1.807) is 20.8 Å². The number of esters is 1. The quantitative estimate of drug-likeness (QED) is 0.653. The average Bonchev–Trinajstić information content (AvgIpc) is 2.68. The summed E-state index contributed by atoms with van der Waals surface area (Å²) in [6, 6.07) is 0. The van der Waals surface area contributed by atoms with E-state index in [-0.39, 0.29) is 22.0 Å². The molecule has 0 aromatic carbocycles. The van der Waals surface area contributed by atoms with Gasteiger partial charge in [0, 0.05) is 17.3 Å². The lowest BCUT2D eigenvalue weighted by atomic mass is 10.1. The van der Waals surface area contributed by atoms with Crippen molar-refractivity contribution in [2.45, 2.75) is 37.1 Å². The lowest BCUT2D eigenvalue weighted by Gasteiger charge is -2.20. The highest BCUT2D eigenvalue weighted by molar-refractivity contribution is 7.89. The SMILES string of the molecule is COC(=O)c1[nH]cc(S(=O)(=O)NC(C)(C)C)c1CCl. The van der Waals surface area contributed by atoms with Gasteiger partial charge < -0.3 is 9.72 Å². The lowest BCUT2D eigenvalue weighted by Crippen LogP contribution is -2.40. The Bertz CT molecular complexity index is 572. The number of halogens is 1. The molecule has 0 saturated carbocycles. The monoisotopic (exact) mass is 308 g/mol. The van der Waals surface area contributed by atoms with Gasteiger partial charge in [0.15, 0.2) is 0 Å². The number of alkyl halides is 1. The number of hydrogen-bond donors (Lipinski definition) is 2. The van der Waals surface area contributed by atoms with Gasteiger partial charge in [0.2, 0.25) is 10.0 Å². The Kier molecular flexibility index (Phi) is 4.65. The van der Waals surface area contributed by atoms with Gasteiger partial charge in [-0.15, -0.1) is 11.6 Å². The summed E-state index contributed by atoms with van der Waals surface area (Å²) in [5, 5.41) is 0. The van der Waals surface area contributed by atoms with Gasteiger partial charge in [0.05, 0.1) is 13.0 Å². The van der Waals surface area contributed by atoms with Crippen LogP contribution in [0.25, 0.3) is 0 Å². The molecule has 2 N–H and O–H groups in total. The average molecular weight is 309 g/mol. The van der Waals surface area contributed by atoms with Crippen molar-refractivity contribution in [2.75, 3.05) is 7.11 Å². The Labute approximate surface area is 117 Å². The molecule has 0 unspecified atom stereocenters. The van der Waals surface area contributed by atoms with Crippen molar-refractivity contribution in [1.29, 1.82) is 0 Å². The Morgan fingerprint density at radius 2 is 2.05 bits per heavy atom. The van der Waals surface area contributed by atoms with Crippen LogP contribution in [0.2, 0.25) is 0 Å². The summed E-state index contributed by atoms with van der Waals surface area (Å²) in [5.74, 6) is -0.776. The fraction of sp³-hybridized carbons (Fsp3) is 0.545. The number of nitrogens with one attached hydrogen (secondary N) is 2. The van der Waals surface area contributed by atoms with Gasteiger partial charge in [-0.25, -0.2) is 17.9 Å². The Morgan fingerprint density at radius 3 is 2.47 bits per heavy atom. The van der Waals surface area contributed by atoms with Crippen LogP contribution in [0.1, 0.15) is 36.8 Å². The normalized spacial score (nSPS) is 12.5. The maximum absolute atomic E-state index is 12.2. The van der Waals surface area contributed by atoms with E-state index in [2.05, 4.69) is 14.4 Å². The molecule has 0 saturated heterocycles. The minimum absolute atomic E-state index is 0.0437. The van der Waals surface area contributed by atoms with E-state index in [4.69, 9.17) is 11.6 Å². The van der Waals surface area contributed by atoms with Crippen LogP contribution in [0.5, 0.6) is 0 Å². The first-order valence-electron chi connectivity index (χ1n) is 5.51. The molecule has 19 heavy (non-hydrogen) atoms. The molecule has 0 aliphatic heterocycles. The summed E-state index contributed by atoms with van der Waals surface area (Å²) in [5.41, 5.74) is -0.387. The Morgan fingerprint density at radius 1 is 1.47 bits per heavy atom. The van der Waals surface area contributed by atoms with Crippen LogP contribution in [0, 0.1) is 0 Å². The second-order valence-corrected chi connectivity index (χ2v) is 6.91. The van der Waals surface area contributed by atoms with E-state index < -0.39 is 21.5 Å². The third-order valence-electron chi connectivity index (χ3n) is 2.20. The predicted molar refractivity (Wildman–Crippen MR) is 71.8 cm³/mol. The molecule has 0 aliphatic rings. The zero-order valence-corrected chi connectivity index (χ0v) is 12.8. The zero-order valence-electron chi connectivity index (χ0n) is 11.2. The lowest BCUT2D eigenvalue weighted by molar-refractivity contribution is 0.0593. The minimum atomic E-state index is -3.76. The molecule has 0 radical (unpaired) electrons. The third kappa shape index (κ3) is 3.71. The molecule has 0 aliphatic carbocycles. The summed E-state index contributed by atoms with van der Waals surface area (Å²) >= 11 is 5.74. The van der Waals surface area contributed by atoms with Crippen molar-refractivity contribution in [1.82, 2.24) is 9.71 Å². The first-order chi connectivity index (χ1) is 8.62. The molecule has 1 aromatic heterocycles. The maximum Gasteiger partial charge on any atom is 0.354 e. The fourth-order valence-corrected chi connectivity index (χ4v) is 3.54. The molecule has 1 heterocycles. The number of ether oxygens (including phenoxy) is 1. The van der Waals surface area contributed by atoms with Crippen molar-refractivity contribution < 1.29 is 17.9 Å². The minimum Gasteiger partial charge on any atom is -0.464 e. The second-order valence-electron chi connectivity index (χ2n) is 4.99. The van der Waals surface area contributed by atoms with Gasteiger partial charge in [-0.2, -0.15) is 0 Å². The number of rotatable bonds is 4. The van der Waals surface area contributed by atoms with Gasteiger partial charge in [-0.3, -0.25) is 0 Å². The Balaban J connectivity index is 3.29. The van der Waals surface area contributed by atoms with Gasteiger partial charge in [-0.05, 0) is 20.8 Å². The molecule has 0 bridgehead atoms. The highest BCUT2D eigenvalue weighted by atomic mass is 35.5. The molecule has 0 fully saturated rings. The van der Waals surface area contributed by atoms with Crippen molar-refractivity contribution in [2.24, 2.45) is 0 Å². The number of H-pyrrole nitrogens is 1. The van der Waals surface area contributed by atoms with E-state index in [1.165, 1.54) is 13.3 Å². The van der Waals surface area contributed by atoms with Crippen molar-refractivity contribution in [3.05, 3.63) is 17.5 Å². The number of sulfonamides is 1. The first-order valence-corrected chi connectivity index (χ1v) is 7.52. The number of methoxy groups -OCH3 is 1. The topological polar surface area (TPSA) is 88.3 Å². The molecular weight excluding hydrogens is 292 g/mol. The summed E-state index contributed by atoms with van der Waals surface area (Å²) in [6.45, 7) is 5.16. The van der Waals surface area contributed by atoms with Crippen LogP contribution >= 0.6 is 11.6 Å². The largest absolute Gasteiger partial charge is 0.464 e. The van der Waals surface area contributed by atoms with Crippen LogP contribution in [-0.4, -0.2) is 32.0 Å². The highest BCUT2D eigenvalue weighted by Crippen LogP contribution is 2.23. The maximum atomic E-state index is 12.2. The van der Waals surface area contributed by atoms with E-state index in [9.17, 15) is 13.2 Å². The van der Waals surface area contributed by atoms with Crippen LogP contribution in [0.4, 0.5) is 0 Å². The van der Waals surface area contributed by atoms with E-state index in [0.29, 0.717) is 0 Å². The smallest absolute Gasteiger partial charge is 0.354 e. The van der Waals surface area contributed by atoms with Crippen LogP contribution in [0.3, 0.4) is 0 Å². The number of carbonyl (C=O) groups is 1. The van der Waals surface area contributed by atoms with Crippen molar-refractivity contribution in [3.63, 3.8) is 0 Å². The first kappa shape index (κ1) is 16.0. The van der Waals surface area contributed by atoms with Crippen molar-refractivity contribution in [3.8, 4) is 0 Å². The van der Waals surface area contributed by atoms with Gasteiger partial charge in [0.25, 0.3) is 0 Å². The molecule has 1 aromatic rings. The zero-order chi connectivity index (χ0) is 14.8. The third-order valence-corrected chi connectivity index (χ3v) is 4.29. The van der Waals surface area contributed by atoms with Gasteiger partial charge in [0.1, 0.15) is 10.6 Å². The summed E-state index contributed by atoms with van der Waals surface area (Å²) in [6.07, 6.45) is 1.23. The van der Waals surface area contributed by atoms with E-state index >= 15 is 0 Å². The number of hydrogen-bond acceptors (Lipinski definition) is 4. The van der Waals surface area contributed by atoms with Crippen LogP contribution in [0.15, 0.2) is 11.1 Å². The van der Waals surface area contributed by atoms with E-state index in [0.717, 1.165) is 0 Å². The van der Waals surface area contributed by atoms with E-state index in [1.807, 2.05) is 0 Å². The van der Waals surface area contributed by atoms with Crippen LogP contribution in [-0.2, 0) is 20.6 Å². The predicted octanol–water partition coefficient (Wildman–Crippen LogP) is 1.62. The summed E-state index contributed by atoms with van der Waals surface area (Å²) in [4.78, 5) is 14.0. The van der Waals surface area contributed by atoms with Crippen molar-refractivity contribution >= 4 is 27.6 Å². The van der Waals surface area contributed by atoms with Gasteiger partial charge in [-0.1, -0.05) is 0 Å².